The Morgan fingerprint density at radius 3 is 2.24 bits per heavy atom. The van der Waals surface area contributed by atoms with Crippen molar-refractivity contribution < 1.29 is 22.8 Å². The number of Topliss-reactive ketones (excluding diaryl/α,β-unsaturated/α-hetero) is 1. The molecule has 1 aromatic heterocycles. The number of ketones is 1. The lowest BCUT2D eigenvalue weighted by Crippen LogP contribution is -2.36. The monoisotopic (exact) mass is 468 g/mol. The van der Waals surface area contributed by atoms with Crippen LogP contribution >= 0.6 is 0 Å². The van der Waals surface area contributed by atoms with Crippen molar-refractivity contribution in [3.63, 3.8) is 0 Å². The van der Waals surface area contributed by atoms with Crippen molar-refractivity contribution in [2.24, 2.45) is 0 Å². The van der Waals surface area contributed by atoms with Crippen molar-refractivity contribution in [3.8, 4) is 5.69 Å². The number of carbonyl (C=O) groups excluding carboxylic acids is 2. The van der Waals surface area contributed by atoms with Gasteiger partial charge in [-0.3, -0.25) is 19.0 Å². The highest BCUT2D eigenvalue weighted by Crippen LogP contribution is 2.30. The summed E-state index contributed by atoms with van der Waals surface area (Å²) in [5, 5.41) is 2.71. The maximum Gasteiger partial charge on any atom is 0.416 e. The number of hydrogen-bond acceptors (Lipinski definition) is 3. The largest absolute Gasteiger partial charge is 0.416 e. The first-order chi connectivity index (χ1) is 16.2. The second-order valence-corrected chi connectivity index (χ2v) is 8.23. The van der Waals surface area contributed by atoms with Gasteiger partial charge >= 0.3 is 6.18 Å². The van der Waals surface area contributed by atoms with Crippen LogP contribution in [0.15, 0.2) is 59.4 Å². The van der Waals surface area contributed by atoms with E-state index in [4.69, 9.17) is 0 Å². The summed E-state index contributed by atoms with van der Waals surface area (Å²) in [4.78, 5) is 38.9. The minimum atomic E-state index is -4.52. The Morgan fingerprint density at radius 2 is 1.62 bits per heavy atom. The van der Waals surface area contributed by atoms with Crippen LogP contribution < -0.4 is 10.9 Å². The minimum Gasteiger partial charge on any atom is -0.348 e. The molecule has 176 valence electrons. The lowest BCUT2D eigenvalue weighted by molar-refractivity contribution is -0.137. The first-order valence-corrected chi connectivity index (χ1v) is 11.0. The first-order valence-electron chi connectivity index (χ1n) is 11.0. The van der Waals surface area contributed by atoms with E-state index in [2.05, 4.69) is 5.32 Å². The maximum atomic E-state index is 13.3. The van der Waals surface area contributed by atoms with Gasteiger partial charge in [0.05, 0.1) is 5.56 Å². The maximum absolute atomic E-state index is 13.3. The quantitative estimate of drug-likeness (QED) is 0.581. The van der Waals surface area contributed by atoms with Crippen LogP contribution in [0.2, 0.25) is 0 Å². The van der Waals surface area contributed by atoms with Gasteiger partial charge in [-0.05, 0) is 60.7 Å². The molecule has 0 unspecified atom stereocenters. The summed E-state index contributed by atoms with van der Waals surface area (Å²) in [6.07, 6.45) is -2.42. The second-order valence-electron chi connectivity index (χ2n) is 8.23. The predicted octanol–water partition coefficient (Wildman–Crippen LogP) is 4.87. The van der Waals surface area contributed by atoms with Crippen LogP contribution in [0.1, 0.15) is 62.9 Å². The number of hydrogen-bond donors (Lipinski definition) is 1. The topological polar surface area (TPSA) is 68.2 Å². The molecule has 0 bridgehead atoms. The molecular formula is C26H23F3N2O3. The number of pyridine rings is 1. The lowest BCUT2D eigenvalue weighted by Gasteiger charge is -2.22. The molecule has 34 heavy (non-hydrogen) atoms. The van der Waals surface area contributed by atoms with Gasteiger partial charge in [0.2, 0.25) is 0 Å². The van der Waals surface area contributed by atoms with E-state index >= 15 is 0 Å². The molecule has 1 aliphatic rings. The average Bonchev–Trinajstić information content (AvgIpc) is 2.82. The van der Waals surface area contributed by atoms with E-state index in [1.165, 1.54) is 22.8 Å². The molecule has 0 spiro atoms. The highest BCUT2D eigenvalue weighted by molar-refractivity contribution is 6.01. The van der Waals surface area contributed by atoms with Crippen LogP contribution in [0.3, 0.4) is 0 Å². The minimum absolute atomic E-state index is 0.175. The number of fused-ring (bicyclic) bond motifs is 1. The molecular weight excluding hydrogens is 445 g/mol. The fourth-order valence-electron chi connectivity index (χ4n) is 4.10. The Hall–Kier alpha value is -3.68. The van der Waals surface area contributed by atoms with Gasteiger partial charge in [0.1, 0.15) is 5.56 Å². The van der Waals surface area contributed by atoms with Crippen LogP contribution in [0, 0.1) is 0 Å². The Balaban J connectivity index is 1.72. The van der Waals surface area contributed by atoms with E-state index < -0.39 is 23.2 Å². The Kier molecular flexibility index (Phi) is 6.41. The molecule has 5 nitrogen and oxygen atoms in total. The lowest BCUT2D eigenvalue weighted by atomic mass is 9.92. The van der Waals surface area contributed by atoms with Crippen LogP contribution in [-0.4, -0.2) is 16.3 Å². The fourth-order valence-corrected chi connectivity index (χ4v) is 4.10. The zero-order valence-corrected chi connectivity index (χ0v) is 18.5. The average molecular weight is 468 g/mol. The number of benzene rings is 2. The molecule has 0 fully saturated rings. The van der Waals surface area contributed by atoms with Crippen molar-refractivity contribution >= 4 is 11.7 Å². The molecule has 1 amide bonds. The summed E-state index contributed by atoms with van der Waals surface area (Å²) in [6.45, 7) is 2.23. The molecule has 1 heterocycles. The fraction of sp³-hybridized carbons (Fsp3) is 0.269. The van der Waals surface area contributed by atoms with E-state index in [0.29, 0.717) is 18.5 Å². The van der Waals surface area contributed by atoms with Crippen LogP contribution in [0.4, 0.5) is 13.2 Å². The van der Waals surface area contributed by atoms with Gasteiger partial charge in [-0.15, -0.1) is 0 Å². The highest BCUT2D eigenvalue weighted by atomic mass is 19.4. The van der Waals surface area contributed by atoms with E-state index in [0.717, 1.165) is 29.7 Å². The number of aromatic nitrogens is 1. The zero-order valence-electron chi connectivity index (χ0n) is 18.5. The number of nitrogens with zero attached hydrogens (tertiary/aromatic N) is 1. The molecule has 0 radical (unpaired) electrons. The number of rotatable bonds is 5. The molecule has 2 aromatic carbocycles. The predicted molar refractivity (Wildman–Crippen MR) is 121 cm³/mol. The van der Waals surface area contributed by atoms with E-state index in [-0.39, 0.29) is 35.6 Å². The molecule has 3 aromatic rings. The number of alkyl halides is 3. The summed E-state index contributed by atoms with van der Waals surface area (Å²) in [5.41, 5.74) is 1.10. The van der Waals surface area contributed by atoms with Crippen LogP contribution in [0.25, 0.3) is 5.69 Å². The van der Waals surface area contributed by atoms with E-state index in [1.54, 1.807) is 0 Å². The van der Waals surface area contributed by atoms with Crippen LogP contribution in [0.5, 0.6) is 0 Å². The number of amides is 1. The molecule has 8 heteroatoms. The van der Waals surface area contributed by atoms with Gasteiger partial charge in [0.25, 0.3) is 11.5 Å². The standard InChI is InChI=1S/C26H23F3N2O3/c1-2-16-6-8-17(9-7-16)15-30-24(33)21-14-20-22(4-3-5-23(20)32)31(25(21)34)19-12-10-18(11-13-19)26(27,28)29/h6-14H,2-5,15H2,1H3,(H,30,33). The zero-order chi connectivity index (χ0) is 24.5. The van der Waals surface area contributed by atoms with Crippen molar-refractivity contribution in [1.29, 1.82) is 0 Å². The smallest absolute Gasteiger partial charge is 0.348 e. The summed E-state index contributed by atoms with van der Waals surface area (Å²) < 4.78 is 40.2. The molecule has 1 aliphatic carbocycles. The van der Waals surface area contributed by atoms with Gasteiger partial charge in [0, 0.05) is 29.9 Å². The number of carbonyl (C=O) groups is 2. The van der Waals surface area contributed by atoms with Gasteiger partial charge in [-0.25, -0.2) is 0 Å². The summed E-state index contributed by atoms with van der Waals surface area (Å²) in [6, 6.07) is 13.1. The third-order valence-electron chi connectivity index (χ3n) is 6.00. The summed E-state index contributed by atoms with van der Waals surface area (Å²) in [5.74, 6) is -0.850. The normalized spacial score (nSPS) is 13.5. The third kappa shape index (κ3) is 4.66. The Morgan fingerprint density at radius 1 is 0.971 bits per heavy atom. The van der Waals surface area contributed by atoms with Crippen molar-refractivity contribution in [2.45, 2.75) is 45.3 Å². The SMILES string of the molecule is CCc1ccc(CNC(=O)c2cc3c(n(-c4ccc(C(F)(F)F)cc4)c2=O)CCCC3=O)cc1. The Bertz CT molecular complexity index is 1290. The van der Waals surface area contributed by atoms with E-state index in [1.807, 2.05) is 31.2 Å². The van der Waals surface area contributed by atoms with Crippen molar-refractivity contribution in [3.05, 3.63) is 98.5 Å². The third-order valence-corrected chi connectivity index (χ3v) is 6.00. The molecule has 1 N–H and O–H groups in total. The highest BCUT2D eigenvalue weighted by Gasteiger charge is 2.31. The van der Waals surface area contributed by atoms with Crippen LogP contribution in [-0.2, 0) is 25.6 Å². The van der Waals surface area contributed by atoms with E-state index in [9.17, 15) is 27.6 Å². The van der Waals surface area contributed by atoms with Crippen molar-refractivity contribution in [2.75, 3.05) is 0 Å². The van der Waals surface area contributed by atoms with Gasteiger partial charge in [-0.1, -0.05) is 31.2 Å². The number of aryl methyl sites for hydroxylation is 1. The first kappa shape index (κ1) is 23.5. The van der Waals surface area contributed by atoms with Gasteiger partial charge < -0.3 is 5.32 Å². The van der Waals surface area contributed by atoms with Gasteiger partial charge in [-0.2, -0.15) is 13.2 Å². The summed E-state index contributed by atoms with van der Waals surface area (Å²) >= 11 is 0. The second kappa shape index (κ2) is 9.29. The molecule has 4 rings (SSSR count). The molecule has 0 saturated heterocycles. The number of halogens is 3. The molecule has 0 atom stereocenters. The Labute approximate surface area is 194 Å². The summed E-state index contributed by atoms with van der Waals surface area (Å²) in [7, 11) is 0. The molecule has 0 aliphatic heterocycles. The number of nitrogens with one attached hydrogen (secondary N) is 1. The molecule has 0 saturated carbocycles. The van der Waals surface area contributed by atoms with Crippen molar-refractivity contribution in [1.82, 2.24) is 9.88 Å². The van der Waals surface area contributed by atoms with Gasteiger partial charge in [0.15, 0.2) is 5.78 Å².